The molecule has 6 heteroatoms. The van der Waals surface area contributed by atoms with Gasteiger partial charge in [-0.3, -0.25) is 14.4 Å². The molecule has 0 aromatic carbocycles. The molecule has 19 heavy (non-hydrogen) atoms. The molecule has 0 bridgehead atoms. The highest BCUT2D eigenvalue weighted by Crippen LogP contribution is 2.31. The summed E-state index contributed by atoms with van der Waals surface area (Å²) in [5.41, 5.74) is 0. The van der Waals surface area contributed by atoms with Gasteiger partial charge in [0.15, 0.2) is 0 Å². The zero-order chi connectivity index (χ0) is 14.4. The average Bonchev–Trinajstić information content (AvgIpc) is 2.38. The van der Waals surface area contributed by atoms with Crippen LogP contribution >= 0.6 is 0 Å². The molecule has 0 spiro atoms. The van der Waals surface area contributed by atoms with Crippen molar-refractivity contribution in [1.82, 2.24) is 0 Å². The smallest absolute Gasteiger partial charge is 0.309 e. The normalized spacial score (nSPS) is 24.5. The van der Waals surface area contributed by atoms with Gasteiger partial charge in [-0.1, -0.05) is 19.8 Å². The third-order valence-electron chi connectivity index (χ3n) is 3.65. The summed E-state index contributed by atoms with van der Waals surface area (Å²) in [5.74, 6) is -4.63. The van der Waals surface area contributed by atoms with E-state index in [2.05, 4.69) is 0 Å². The molecule has 108 valence electrons. The molecule has 6 nitrogen and oxygen atoms in total. The molecule has 3 unspecified atom stereocenters. The Labute approximate surface area is 111 Å². The Hall–Kier alpha value is -1.59. The first-order valence-electron chi connectivity index (χ1n) is 6.59. The third kappa shape index (κ3) is 4.22. The number of hydrogen-bond acceptors (Lipinski definition) is 4. The summed E-state index contributed by atoms with van der Waals surface area (Å²) in [4.78, 5) is 33.8. The molecule has 0 radical (unpaired) electrons. The van der Waals surface area contributed by atoms with Gasteiger partial charge in [0.25, 0.3) is 0 Å². The summed E-state index contributed by atoms with van der Waals surface area (Å²) in [6, 6.07) is 0. The van der Waals surface area contributed by atoms with Crippen molar-refractivity contribution in [2.24, 2.45) is 17.8 Å². The zero-order valence-corrected chi connectivity index (χ0v) is 11.0. The van der Waals surface area contributed by atoms with Crippen LogP contribution in [0.4, 0.5) is 0 Å². The molecule has 0 heterocycles. The number of carboxylic acid groups (broad SMARTS) is 2. The summed E-state index contributed by atoms with van der Waals surface area (Å²) < 4.78 is 4.99. The fraction of sp³-hybridized carbons (Fsp3) is 0.769. The van der Waals surface area contributed by atoms with Crippen LogP contribution in [0.15, 0.2) is 0 Å². The van der Waals surface area contributed by atoms with Crippen LogP contribution in [0, 0.1) is 17.8 Å². The Morgan fingerprint density at radius 3 is 2.21 bits per heavy atom. The van der Waals surface area contributed by atoms with Crippen molar-refractivity contribution < 1.29 is 29.3 Å². The van der Waals surface area contributed by atoms with E-state index < -0.39 is 35.7 Å². The van der Waals surface area contributed by atoms with E-state index in [4.69, 9.17) is 14.9 Å². The number of carbonyl (C=O) groups is 3. The molecule has 0 aromatic heterocycles. The van der Waals surface area contributed by atoms with Gasteiger partial charge in [-0.2, -0.15) is 0 Å². The number of rotatable bonds is 6. The first kappa shape index (κ1) is 15.5. The highest BCUT2D eigenvalue weighted by Gasteiger charge is 2.37. The molecular weight excluding hydrogens is 252 g/mol. The van der Waals surface area contributed by atoms with Crippen LogP contribution in [0.5, 0.6) is 0 Å². The molecule has 3 atom stereocenters. The largest absolute Gasteiger partial charge is 0.481 e. The summed E-state index contributed by atoms with van der Waals surface area (Å²) in [6.45, 7) is 1.51. The van der Waals surface area contributed by atoms with E-state index in [9.17, 15) is 14.4 Å². The van der Waals surface area contributed by atoms with E-state index in [1.54, 1.807) is 6.92 Å². The Morgan fingerprint density at radius 1 is 1.16 bits per heavy atom. The van der Waals surface area contributed by atoms with E-state index in [1.807, 2.05) is 0 Å². The second kappa shape index (κ2) is 7.11. The average molecular weight is 272 g/mol. The molecule has 1 aliphatic carbocycles. The first-order valence-corrected chi connectivity index (χ1v) is 6.59. The molecule has 1 saturated carbocycles. The number of esters is 1. The van der Waals surface area contributed by atoms with Crippen LogP contribution in [0.1, 0.15) is 39.0 Å². The van der Waals surface area contributed by atoms with Crippen molar-refractivity contribution in [2.45, 2.75) is 39.0 Å². The van der Waals surface area contributed by atoms with Crippen LogP contribution in [0.25, 0.3) is 0 Å². The van der Waals surface area contributed by atoms with Crippen LogP contribution in [-0.4, -0.2) is 34.7 Å². The minimum atomic E-state index is -1.01. The van der Waals surface area contributed by atoms with Gasteiger partial charge in [-0.25, -0.2) is 0 Å². The van der Waals surface area contributed by atoms with Crippen LogP contribution < -0.4 is 0 Å². The zero-order valence-electron chi connectivity index (χ0n) is 11.0. The second-order valence-electron chi connectivity index (χ2n) is 4.91. The van der Waals surface area contributed by atoms with Crippen LogP contribution in [0.3, 0.4) is 0 Å². The number of aliphatic carboxylic acids is 2. The molecule has 1 aliphatic rings. The van der Waals surface area contributed by atoms with Crippen LogP contribution in [-0.2, 0) is 19.1 Å². The van der Waals surface area contributed by atoms with Gasteiger partial charge in [-0.15, -0.1) is 0 Å². The van der Waals surface area contributed by atoms with E-state index in [1.165, 1.54) is 0 Å². The lowest BCUT2D eigenvalue weighted by atomic mass is 9.79. The predicted molar refractivity (Wildman–Crippen MR) is 65.5 cm³/mol. The van der Waals surface area contributed by atoms with Crippen molar-refractivity contribution in [3.8, 4) is 0 Å². The summed E-state index contributed by atoms with van der Waals surface area (Å²) in [5, 5.41) is 17.9. The van der Waals surface area contributed by atoms with Crippen LogP contribution in [0.2, 0.25) is 0 Å². The highest BCUT2D eigenvalue weighted by atomic mass is 16.5. The first-order chi connectivity index (χ1) is 8.97. The SMILES string of the molecule is CCC(COC(=O)C1CCCCC1C(=O)O)C(=O)O. The summed E-state index contributed by atoms with van der Waals surface area (Å²) >= 11 is 0. The minimum absolute atomic E-state index is 0.187. The lowest BCUT2D eigenvalue weighted by molar-refractivity contribution is -0.162. The Bertz CT molecular complexity index is 351. The summed E-state index contributed by atoms with van der Waals surface area (Å²) in [7, 11) is 0. The van der Waals surface area contributed by atoms with Gasteiger partial charge >= 0.3 is 17.9 Å². The van der Waals surface area contributed by atoms with E-state index in [0.29, 0.717) is 19.3 Å². The lowest BCUT2D eigenvalue weighted by Gasteiger charge is -2.27. The van der Waals surface area contributed by atoms with Crippen molar-refractivity contribution >= 4 is 17.9 Å². The topological polar surface area (TPSA) is 101 Å². The van der Waals surface area contributed by atoms with Crippen molar-refractivity contribution in [3.63, 3.8) is 0 Å². The molecule has 2 N–H and O–H groups in total. The third-order valence-corrected chi connectivity index (χ3v) is 3.65. The molecular formula is C13H20O6. The second-order valence-corrected chi connectivity index (χ2v) is 4.91. The Kier molecular flexibility index (Phi) is 5.79. The number of ether oxygens (including phenoxy) is 1. The number of hydrogen-bond donors (Lipinski definition) is 2. The van der Waals surface area contributed by atoms with Crippen molar-refractivity contribution in [1.29, 1.82) is 0 Å². The Morgan fingerprint density at radius 2 is 1.74 bits per heavy atom. The van der Waals surface area contributed by atoms with E-state index in [0.717, 1.165) is 12.8 Å². The van der Waals surface area contributed by atoms with Crippen molar-refractivity contribution in [2.75, 3.05) is 6.61 Å². The van der Waals surface area contributed by atoms with Crippen molar-refractivity contribution in [3.05, 3.63) is 0 Å². The highest BCUT2D eigenvalue weighted by molar-refractivity contribution is 5.81. The maximum Gasteiger partial charge on any atom is 0.309 e. The van der Waals surface area contributed by atoms with Gasteiger partial charge in [0.2, 0.25) is 0 Å². The van der Waals surface area contributed by atoms with E-state index in [-0.39, 0.29) is 6.61 Å². The van der Waals surface area contributed by atoms with Gasteiger partial charge in [0.05, 0.1) is 17.8 Å². The molecule has 0 saturated heterocycles. The standard InChI is InChI=1S/C13H20O6/c1-2-8(11(14)15)7-19-13(18)10-6-4-3-5-9(10)12(16)17/h8-10H,2-7H2,1H3,(H,14,15)(H,16,17). The number of carbonyl (C=O) groups excluding carboxylic acids is 1. The van der Waals surface area contributed by atoms with Gasteiger partial charge in [0, 0.05) is 0 Å². The predicted octanol–water partition coefficient (Wildman–Crippen LogP) is 1.53. The fourth-order valence-electron chi connectivity index (χ4n) is 2.36. The van der Waals surface area contributed by atoms with Gasteiger partial charge < -0.3 is 14.9 Å². The quantitative estimate of drug-likeness (QED) is 0.711. The Balaban J connectivity index is 2.55. The number of carboxylic acids is 2. The van der Waals surface area contributed by atoms with E-state index >= 15 is 0 Å². The molecule has 0 amide bonds. The monoisotopic (exact) mass is 272 g/mol. The maximum atomic E-state index is 11.9. The molecule has 1 rings (SSSR count). The fourth-order valence-corrected chi connectivity index (χ4v) is 2.36. The maximum absolute atomic E-state index is 11.9. The van der Waals surface area contributed by atoms with Gasteiger partial charge in [-0.05, 0) is 19.3 Å². The lowest BCUT2D eigenvalue weighted by Crippen LogP contribution is -2.35. The molecule has 0 aliphatic heterocycles. The molecule has 1 fully saturated rings. The molecule has 0 aromatic rings. The van der Waals surface area contributed by atoms with Gasteiger partial charge in [0.1, 0.15) is 6.61 Å². The minimum Gasteiger partial charge on any atom is -0.481 e. The summed E-state index contributed by atoms with van der Waals surface area (Å²) in [6.07, 6.45) is 2.95.